The van der Waals surface area contributed by atoms with E-state index in [1.807, 2.05) is 37.3 Å². The number of para-hydroxylation sites is 1. The number of benzene rings is 2. The van der Waals surface area contributed by atoms with Gasteiger partial charge in [0.05, 0.1) is 29.5 Å². The first kappa shape index (κ1) is 20.3. The molecule has 0 unspecified atom stereocenters. The monoisotopic (exact) mass is 443 g/mol. The van der Waals surface area contributed by atoms with Gasteiger partial charge in [0.2, 0.25) is 11.8 Å². The number of ether oxygens (including phenoxy) is 2. The molecule has 1 aromatic heterocycles. The first-order chi connectivity index (χ1) is 14.4. The normalized spacial score (nSPS) is 15.5. The molecular formula is C22H19Cl2N3O3. The van der Waals surface area contributed by atoms with Crippen LogP contribution in [0.2, 0.25) is 10.0 Å². The van der Waals surface area contributed by atoms with Crippen molar-refractivity contribution >= 4 is 29.2 Å². The van der Waals surface area contributed by atoms with E-state index in [9.17, 15) is 4.79 Å². The lowest BCUT2D eigenvalue weighted by Crippen LogP contribution is -2.28. The Kier molecular flexibility index (Phi) is 5.45. The van der Waals surface area contributed by atoms with Crippen molar-refractivity contribution in [3.8, 4) is 11.6 Å². The van der Waals surface area contributed by atoms with E-state index in [1.165, 1.54) is 0 Å². The number of aromatic nitrogens is 2. The van der Waals surface area contributed by atoms with Gasteiger partial charge >= 0.3 is 5.97 Å². The smallest absolute Gasteiger partial charge is 0.340 e. The molecule has 1 atom stereocenters. The third-order valence-electron chi connectivity index (χ3n) is 4.90. The highest BCUT2D eigenvalue weighted by atomic mass is 35.5. The zero-order chi connectivity index (χ0) is 21.4. The van der Waals surface area contributed by atoms with Crippen LogP contribution >= 0.6 is 23.2 Å². The van der Waals surface area contributed by atoms with Crippen LogP contribution in [-0.2, 0) is 9.53 Å². The molecule has 3 aromatic rings. The van der Waals surface area contributed by atoms with E-state index >= 15 is 0 Å². The molecule has 1 aliphatic rings. The third kappa shape index (κ3) is 3.32. The van der Waals surface area contributed by atoms with Gasteiger partial charge in [-0.3, -0.25) is 0 Å². The van der Waals surface area contributed by atoms with Gasteiger partial charge < -0.3 is 15.2 Å². The first-order valence-corrected chi connectivity index (χ1v) is 10.1. The van der Waals surface area contributed by atoms with Gasteiger partial charge in [0.15, 0.2) is 0 Å². The van der Waals surface area contributed by atoms with Crippen molar-refractivity contribution in [2.75, 3.05) is 6.61 Å². The molecule has 30 heavy (non-hydrogen) atoms. The summed E-state index contributed by atoms with van der Waals surface area (Å²) in [4.78, 5) is 12.9. The minimum atomic E-state index is -0.688. The van der Waals surface area contributed by atoms with E-state index in [2.05, 4.69) is 5.10 Å². The van der Waals surface area contributed by atoms with Crippen LogP contribution in [0, 0.1) is 6.92 Å². The van der Waals surface area contributed by atoms with E-state index in [0.717, 1.165) is 5.69 Å². The van der Waals surface area contributed by atoms with Crippen molar-refractivity contribution in [3.05, 3.63) is 86.9 Å². The topological polar surface area (TPSA) is 79.4 Å². The molecule has 2 N–H and O–H groups in total. The Bertz CT molecular complexity index is 1140. The van der Waals surface area contributed by atoms with E-state index in [-0.39, 0.29) is 18.1 Å². The number of nitrogens with two attached hydrogens (primary N) is 1. The minimum absolute atomic E-state index is 0.0704. The number of fused-ring (bicyclic) bond motifs is 1. The van der Waals surface area contributed by atoms with Crippen LogP contribution in [-0.4, -0.2) is 22.4 Å². The second kappa shape index (κ2) is 8.05. The Hall–Kier alpha value is -2.96. The molecule has 8 heteroatoms. The summed E-state index contributed by atoms with van der Waals surface area (Å²) < 4.78 is 12.8. The highest BCUT2D eigenvalue weighted by Gasteiger charge is 2.41. The van der Waals surface area contributed by atoms with Gasteiger partial charge in [-0.25, -0.2) is 9.48 Å². The summed E-state index contributed by atoms with van der Waals surface area (Å²) in [7, 11) is 0. The van der Waals surface area contributed by atoms with E-state index < -0.39 is 11.9 Å². The Labute approximate surface area is 183 Å². The highest BCUT2D eigenvalue weighted by Crippen LogP contribution is 2.48. The van der Waals surface area contributed by atoms with Crippen molar-refractivity contribution in [1.29, 1.82) is 0 Å². The van der Waals surface area contributed by atoms with Gasteiger partial charge in [0.1, 0.15) is 5.57 Å². The molecule has 0 saturated heterocycles. The quantitative estimate of drug-likeness (QED) is 0.588. The maximum absolute atomic E-state index is 12.9. The van der Waals surface area contributed by atoms with Crippen molar-refractivity contribution in [3.63, 3.8) is 0 Å². The summed E-state index contributed by atoms with van der Waals surface area (Å²) in [5, 5.41) is 5.45. The summed E-state index contributed by atoms with van der Waals surface area (Å²) in [6, 6.07) is 14.7. The summed E-state index contributed by atoms with van der Waals surface area (Å²) in [6.45, 7) is 3.75. The molecular weight excluding hydrogens is 425 g/mol. The number of carbonyl (C=O) groups excluding carboxylic acids is 1. The maximum atomic E-state index is 12.9. The molecule has 2 heterocycles. The number of hydrogen-bond acceptors (Lipinski definition) is 5. The largest absolute Gasteiger partial charge is 0.462 e. The molecule has 0 radical (unpaired) electrons. The molecule has 6 nitrogen and oxygen atoms in total. The fourth-order valence-corrected chi connectivity index (χ4v) is 4.26. The number of esters is 1. The Balaban J connectivity index is 2.01. The average molecular weight is 444 g/mol. The average Bonchev–Trinajstić information content (AvgIpc) is 3.04. The molecule has 0 aliphatic carbocycles. The lowest BCUT2D eigenvalue weighted by Gasteiger charge is -2.28. The Morgan fingerprint density at radius 2 is 1.80 bits per heavy atom. The molecule has 1 aliphatic heterocycles. The zero-order valence-electron chi connectivity index (χ0n) is 16.4. The molecule has 4 rings (SSSR count). The highest BCUT2D eigenvalue weighted by molar-refractivity contribution is 6.36. The summed E-state index contributed by atoms with van der Waals surface area (Å²) in [5.74, 6) is -0.941. The van der Waals surface area contributed by atoms with Crippen molar-refractivity contribution < 1.29 is 14.3 Å². The standard InChI is InChI=1S/C22H19Cl2N3O3/c1-3-29-22(28)19-18(17-14(23)10-7-11-15(17)24)16-12(2)26-27(21(16)30-20(19)25)13-8-5-4-6-9-13/h4-11,18H,3,25H2,1-2H3/t18-/m0/s1. The summed E-state index contributed by atoms with van der Waals surface area (Å²) >= 11 is 13.1. The Morgan fingerprint density at radius 3 is 2.43 bits per heavy atom. The van der Waals surface area contributed by atoms with Crippen molar-refractivity contribution in [2.24, 2.45) is 5.73 Å². The van der Waals surface area contributed by atoms with Gasteiger partial charge in [-0.1, -0.05) is 47.5 Å². The Morgan fingerprint density at radius 1 is 1.13 bits per heavy atom. The summed E-state index contributed by atoms with van der Waals surface area (Å²) in [5.41, 5.74) is 9.04. The molecule has 0 bridgehead atoms. The predicted octanol–water partition coefficient (Wildman–Crippen LogP) is 4.75. The van der Waals surface area contributed by atoms with Crippen LogP contribution in [0.5, 0.6) is 5.88 Å². The van der Waals surface area contributed by atoms with Crippen LogP contribution in [0.3, 0.4) is 0 Å². The molecule has 0 fully saturated rings. The third-order valence-corrected chi connectivity index (χ3v) is 5.56. The number of carbonyl (C=O) groups is 1. The molecule has 0 amide bonds. The molecule has 0 saturated carbocycles. The lowest BCUT2D eigenvalue weighted by atomic mass is 9.83. The molecule has 2 aromatic carbocycles. The van der Waals surface area contributed by atoms with Crippen LogP contribution in [0.4, 0.5) is 0 Å². The number of rotatable bonds is 4. The van der Waals surface area contributed by atoms with Crippen molar-refractivity contribution in [2.45, 2.75) is 19.8 Å². The van der Waals surface area contributed by atoms with E-state index in [4.69, 9.17) is 38.4 Å². The minimum Gasteiger partial charge on any atom is -0.462 e. The molecule has 0 spiro atoms. The number of halogens is 2. The fraction of sp³-hybridized carbons (Fsp3) is 0.182. The SMILES string of the molecule is CCOC(=O)C1=C(N)Oc2c(c(C)nn2-c2ccccc2)[C@H]1c1c(Cl)cccc1Cl. The van der Waals surface area contributed by atoms with Gasteiger partial charge in [0, 0.05) is 15.6 Å². The van der Waals surface area contributed by atoms with E-state index in [0.29, 0.717) is 32.7 Å². The van der Waals surface area contributed by atoms with Crippen LogP contribution in [0.15, 0.2) is 60.0 Å². The number of nitrogens with zero attached hydrogens (tertiary/aromatic N) is 2. The second-order valence-corrected chi connectivity index (χ2v) is 7.53. The van der Waals surface area contributed by atoms with Crippen LogP contribution in [0.1, 0.15) is 29.7 Å². The predicted molar refractivity (Wildman–Crippen MR) is 115 cm³/mol. The van der Waals surface area contributed by atoms with Crippen LogP contribution < -0.4 is 10.5 Å². The van der Waals surface area contributed by atoms with Gasteiger partial charge in [-0.05, 0) is 38.1 Å². The zero-order valence-corrected chi connectivity index (χ0v) is 17.9. The van der Waals surface area contributed by atoms with Crippen LogP contribution in [0.25, 0.3) is 5.69 Å². The first-order valence-electron chi connectivity index (χ1n) is 9.37. The van der Waals surface area contributed by atoms with E-state index in [1.54, 1.807) is 29.8 Å². The summed E-state index contributed by atoms with van der Waals surface area (Å²) in [6.07, 6.45) is 0. The van der Waals surface area contributed by atoms with Gasteiger partial charge in [0.25, 0.3) is 0 Å². The fourth-order valence-electron chi connectivity index (χ4n) is 3.64. The second-order valence-electron chi connectivity index (χ2n) is 6.72. The number of hydrogen-bond donors (Lipinski definition) is 1. The molecule has 154 valence electrons. The van der Waals surface area contributed by atoms with Gasteiger partial charge in [-0.15, -0.1) is 0 Å². The van der Waals surface area contributed by atoms with Gasteiger partial charge in [-0.2, -0.15) is 5.10 Å². The maximum Gasteiger partial charge on any atom is 0.340 e. The lowest BCUT2D eigenvalue weighted by molar-refractivity contribution is -0.139. The van der Waals surface area contributed by atoms with Crippen molar-refractivity contribution in [1.82, 2.24) is 9.78 Å². The number of aryl methyl sites for hydroxylation is 1.